The summed E-state index contributed by atoms with van der Waals surface area (Å²) in [7, 11) is 0. The monoisotopic (exact) mass is 280 g/mol. The van der Waals surface area contributed by atoms with Gasteiger partial charge >= 0.3 is 6.03 Å². The Morgan fingerprint density at radius 3 is 3.05 bits per heavy atom. The van der Waals surface area contributed by atoms with Crippen molar-refractivity contribution in [1.29, 1.82) is 0 Å². The third-order valence-electron chi connectivity index (χ3n) is 2.68. The van der Waals surface area contributed by atoms with E-state index < -0.39 is 0 Å². The molecule has 6 heteroatoms. The second-order valence-electron chi connectivity index (χ2n) is 4.02. The summed E-state index contributed by atoms with van der Waals surface area (Å²) in [5.41, 5.74) is 0.870. The summed E-state index contributed by atoms with van der Waals surface area (Å²) in [6, 6.07) is 1.87. The van der Waals surface area contributed by atoms with E-state index in [1.54, 1.807) is 16.2 Å². The zero-order valence-electron chi connectivity index (χ0n) is 10.5. The van der Waals surface area contributed by atoms with Crippen LogP contribution < -0.4 is 5.32 Å². The van der Waals surface area contributed by atoms with Crippen LogP contribution in [-0.4, -0.2) is 48.9 Å². The third kappa shape index (κ3) is 4.24. The maximum absolute atomic E-state index is 11.9. The quantitative estimate of drug-likeness (QED) is 0.781. The van der Waals surface area contributed by atoms with Gasteiger partial charge in [0, 0.05) is 28.9 Å². The maximum Gasteiger partial charge on any atom is 0.317 e. The van der Waals surface area contributed by atoms with E-state index in [0.29, 0.717) is 32.8 Å². The van der Waals surface area contributed by atoms with Gasteiger partial charge in [0.2, 0.25) is 0 Å². The Labute approximate surface area is 116 Å². The third-order valence-corrected chi connectivity index (χ3v) is 3.61. The first kappa shape index (κ1) is 13.9. The predicted molar refractivity (Wildman–Crippen MR) is 72.9 cm³/mol. The van der Waals surface area contributed by atoms with Gasteiger partial charge in [-0.2, -0.15) is 0 Å². The van der Waals surface area contributed by atoms with E-state index in [2.05, 4.69) is 17.2 Å². The summed E-state index contributed by atoms with van der Waals surface area (Å²) in [5.74, 6) is 5.43. The van der Waals surface area contributed by atoms with Gasteiger partial charge in [-0.15, -0.1) is 11.3 Å². The molecule has 2 heterocycles. The number of hydrogen-bond donors (Lipinski definition) is 2. The zero-order chi connectivity index (χ0) is 13.5. The number of morpholine rings is 1. The van der Waals surface area contributed by atoms with Gasteiger partial charge < -0.3 is 20.1 Å². The standard InChI is InChI=1S/C13H16N2O3S/c16-5-1-2-11-8-12(19-10-11)9-14-13(17)15-3-6-18-7-4-15/h8,10,16H,3-7,9H2,(H,14,17). The SMILES string of the molecule is O=C(NCc1cc(C#CCO)cs1)N1CCOCC1. The van der Waals surface area contributed by atoms with E-state index in [9.17, 15) is 4.79 Å². The second-order valence-corrected chi connectivity index (χ2v) is 5.02. The van der Waals surface area contributed by atoms with Crippen LogP contribution in [-0.2, 0) is 11.3 Å². The molecule has 0 atom stereocenters. The largest absolute Gasteiger partial charge is 0.384 e. The fourth-order valence-electron chi connectivity index (χ4n) is 1.72. The number of urea groups is 1. The van der Waals surface area contributed by atoms with Gasteiger partial charge in [0.1, 0.15) is 6.61 Å². The van der Waals surface area contributed by atoms with Gasteiger partial charge in [0.25, 0.3) is 0 Å². The lowest BCUT2D eigenvalue weighted by Gasteiger charge is -2.26. The molecule has 0 bridgehead atoms. The van der Waals surface area contributed by atoms with Crippen molar-refractivity contribution in [3.05, 3.63) is 21.9 Å². The van der Waals surface area contributed by atoms with Crippen LogP contribution in [0, 0.1) is 11.8 Å². The van der Waals surface area contributed by atoms with Crippen LogP contribution in [0.1, 0.15) is 10.4 Å². The molecule has 1 saturated heterocycles. The first-order chi connectivity index (χ1) is 9.29. The van der Waals surface area contributed by atoms with Crippen LogP contribution in [0.5, 0.6) is 0 Å². The molecule has 0 saturated carbocycles. The molecule has 1 aliphatic rings. The van der Waals surface area contributed by atoms with Crippen molar-refractivity contribution in [2.45, 2.75) is 6.54 Å². The number of ether oxygens (including phenoxy) is 1. The van der Waals surface area contributed by atoms with Gasteiger partial charge in [-0.1, -0.05) is 11.8 Å². The van der Waals surface area contributed by atoms with E-state index in [4.69, 9.17) is 9.84 Å². The first-order valence-corrected chi connectivity index (χ1v) is 6.95. The van der Waals surface area contributed by atoms with Gasteiger partial charge in [-0.25, -0.2) is 4.79 Å². The molecular formula is C13H16N2O3S. The minimum absolute atomic E-state index is 0.0558. The number of amides is 2. The Kier molecular flexibility index (Phi) is 5.21. The maximum atomic E-state index is 11.9. The molecule has 2 N–H and O–H groups in total. The molecule has 0 aliphatic carbocycles. The number of carbonyl (C=O) groups is 1. The van der Waals surface area contributed by atoms with Gasteiger partial charge in [0.15, 0.2) is 0 Å². The molecule has 0 spiro atoms. The Morgan fingerprint density at radius 2 is 2.32 bits per heavy atom. The van der Waals surface area contributed by atoms with Crippen molar-refractivity contribution in [3.63, 3.8) is 0 Å². The molecule has 19 heavy (non-hydrogen) atoms. The topological polar surface area (TPSA) is 61.8 Å². The van der Waals surface area contributed by atoms with Crippen LogP contribution in [0.4, 0.5) is 4.79 Å². The number of nitrogens with one attached hydrogen (secondary N) is 1. The summed E-state index contributed by atoms with van der Waals surface area (Å²) in [6.07, 6.45) is 0. The van der Waals surface area contributed by atoms with Crippen LogP contribution in [0.25, 0.3) is 0 Å². The van der Waals surface area contributed by atoms with Crippen molar-refractivity contribution >= 4 is 17.4 Å². The van der Waals surface area contributed by atoms with E-state index in [-0.39, 0.29) is 12.6 Å². The number of carbonyl (C=O) groups excluding carboxylic acids is 1. The Morgan fingerprint density at radius 1 is 1.53 bits per heavy atom. The van der Waals surface area contributed by atoms with E-state index in [0.717, 1.165) is 10.4 Å². The van der Waals surface area contributed by atoms with Crippen molar-refractivity contribution in [3.8, 4) is 11.8 Å². The van der Waals surface area contributed by atoms with Crippen LogP contribution >= 0.6 is 11.3 Å². The van der Waals surface area contributed by atoms with Gasteiger partial charge in [-0.3, -0.25) is 0 Å². The number of aliphatic hydroxyl groups excluding tert-OH is 1. The highest BCUT2D eigenvalue weighted by Crippen LogP contribution is 2.13. The number of nitrogens with zero attached hydrogens (tertiary/aromatic N) is 1. The fourth-order valence-corrected chi connectivity index (χ4v) is 2.48. The molecule has 0 aromatic carbocycles. The molecule has 1 aliphatic heterocycles. The summed E-state index contributed by atoms with van der Waals surface area (Å²) >= 11 is 1.55. The summed E-state index contributed by atoms with van der Waals surface area (Å²) in [6.45, 7) is 2.86. The molecule has 1 aromatic rings. The highest BCUT2D eigenvalue weighted by molar-refractivity contribution is 7.10. The van der Waals surface area contributed by atoms with E-state index >= 15 is 0 Å². The molecular weight excluding hydrogens is 264 g/mol. The van der Waals surface area contributed by atoms with E-state index in [1.165, 1.54) is 0 Å². The second kappa shape index (κ2) is 7.14. The zero-order valence-corrected chi connectivity index (χ0v) is 11.3. The Hall–Kier alpha value is -1.55. The van der Waals surface area contributed by atoms with Crippen LogP contribution in [0.15, 0.2) is 11.4 Å². The average molecular weight is 280 g/mol. The van der Waals surface area contributed by atoms with Crippen LogP contribution in [0.2, 0.25) is 0 Å². The number of thiophene rings is 1. The highest BCUT2D eigenvalue weighted by Gasteiger charge is 2.16. The smallest absolute Gasteiger partial charge is 0.317 e. The molecule has 1 aromatic heterocycles. The Bertz CT molecular complexity index is 484. The minimum Gasteiger partial charge on any atom is -0.384 e. The van der Waals surface area contributed by atoms with E-state index in [1.807, 2.05) is 11.4 Å². The van der Waals surface area contributed by atoms with Crippen molar-refractivity contribution in [2.75, 3.05) is 32.9 Å². The molecule has 0 unspecified atom stereocenters. The molecule has 0 radical (unpaired) electrons. The predicted octanol–water partition coefficient (Wildman–Crippen LogP) is 0.634. The summed E-state index contributed by atoms with van der Waals surface area (Å²) in [5, 5.41) is 13.4. The fraction of sp³-hybridized carbons (Fsp3) is 0.462. The molecule has 1 fully saturated rings. The van der Waals surface area contributed by atoms with Crippen molar-refractivity contribution in [2.24, 2.45) is 0 Å². The lowest BCUT2D eigenvalue weighted by molar-refractivity contribution is 0.0531. The molecule has 2 rings (SSSR count). The van der Waals surface area contributed by atoms with Gasteiger partial charge in [-0.05, 0) is 6.07 Å². The Balaban J connectivity index is 1.81. The number of hydrogen-bond acceptors (Lipinski definition) is 4. The number of rotatable bonds is 2. The van der Waals surface area contributed by atoms with Crippen LogP contribution in [0.3, 0.4) is 0 Å². The summed E-state index contributed by atoms with van der Waals surface area (Å²) < 4.78 is 5.20. The normalized spacial score (nSPS) is 14.7. The van der Waals surface area contributed by atoms with Crippen molar-refractivity contribution in [1.82, 2.24) is 10.2 Å². The van der Waals surface area contributed by atoms with Gasteiger partial charge in [0.05, 0.1) is 19.8 Å². The lowest BCUT2D eigenvalue weighted by atomic mass is 10.3. The molecule has 2 amide bonds. The minimum atomic E-state index is -0.140. The van der Waals surface area contributed by atoms with Crippen molar-refractivity contribution < 1.29 is 14.6 Å². The summed E-state index contributed by atoms with van der Waals surface area (Å²) in [4.78, 5) is 14.7. The lowest BCUT2D eigenvalue weighted by Crippen LogP contribution is -2.45. The number of aliphatic hydroxyl groups is 1. The first-order valence-electron chi connectivity index (χ1n) is 6.07. The molecule has 102 valence electrons. The highest BCUT2D eigenvalue weighted by atomic mass is 32.1. The average Bonchev–Trinajstić information content (AvgIpc) is 2.91. The molecule has 5 nitrogen and oxygen atoms in total.